The van der Waals surface area contributed by atoms with E-state index in [1.165, 1.54) is 6.42 Å². The molecule has 1 unspecified atom stereocenters. The van der Waals surface area contributed by atoms with Crippen LogP contribution in [0.25, 0.3) is 10.2 Å². The van der Waals surface area contributed by atoms with Crippen LogP contribution < -0.4 is 5.32 Å². The van der Waals surface area contributed by atoms with Gasteiger partial charge in [0.2, 0.25) is 5.91 Å². The maximum atomic E-state index is 13.7. The van der Waals surface area contributed by atoms with Gasteiger partial charge in [-0.1, -0.05) is 43.5 Å². The number of amides is 2. The number of rotatable bonds is 4. The Morgan fingerprint density at radius 2 is 1.97 bits per heavy atom. The van der Waals surface area contributed by atoms with E-state index < -0.39 is 5.54 Å². The Balaban J connectivity index is 1.54. The Morgan fingerprint density at radius 3 is 2.74 bits per heavy atom. The SMILES string of the molecule is Cc1ccccc1CN1C(=O)c2cc3sccc3n2CC1(C)C(=O)NC1CCCCC1. The van der Waals surface area contributed by atoms with E-state index in [2.05, 4.69) is 18.3 Å². The third kappa shape index (κ3) is 3.47. The lowest BCUT2D eigenvalue weighted by Crippen LogP contribution is -2.64. The van der Waals surface area contributed by atoms with E-state index in [9.17, 15) is 9.59 Å². The summed E-state index contributed by atoms with van der Waals surface area (Å²) in [6.07, 6.45) is 5.61. The third-order valence-corrected chi connectivity index (χ3v) is 7.92. The van der Waals surface area contributed by atoms with Crippen LogP contribution in [0, 0.1) is 6.92 Å². The second kappa shape index (κ2) is 7.83. The highest BCUT2D eigenvalue weighted by atomic mass is 32.1. The van der Waals surface area contributed by atoms with Crippen LogP contribution in [0.3, 0.4) is 0 Å². The van der Waals surface area contributed by atoms with Crippen LogP contribution >= 0.6 is 11.3 Å². The quantitative estimate of drug-likeness (QED) is 0.635. The van der Waals surface area contributed by atoms with Crippen molar-refractivity contribution in [1.82, 2.24) is 14.8 Å². The number of thiophene rings is 1. The molecule has 1 aliphatic heterocycles. The molecule has 1 fully saturated rings. The van der Waals surface area contributed by atoms with Crippen molar-refractivity contribution in [2.75, 3.05) is 0 Å². The summed E-state index contributed by atoms with van der Waals surface area (Å²) in [5.74, 6) is -0.108. The molecule has 5 rings (SSSR count). The third-order valence-electron chi connectivity index (χ3n) is 7.07. The molecule has 6 heteroatoms. The highest BCUT2D eigenvalue weighted by Crippen LogP contribution is 2.35. The second-order valence-corrected chi connectivity index (χ2v) is 10.1. The van der Waals surface area contributed by atoms with E-state index in [4.69, 9.17) is 0 Å². The molecule has 0 bridgehead atoms. The van der Waals surface area contributed by atoms with Crippen LogP contribution in [0.5, 0.6) is 0 Å². The number of nitrogens with zero attached hydrogens (tertiary/aromatic N) is 2. The first-order valence-corrected chi connectivity index (χ1v) is 12.1. The number of fused-ring (bicyclic) bond motifs is 3. The second-order valence-electron chi connectivity index (χ2n) is 9.19. The van der Waals surface area contributed by atoms with Gasteiger partial charge in [0.25, 0.3) is 5.91 Å². The van der Waals surface area contributed by atoms with Crippen LogP contribution in [0.15, 0.2) is 41.8 Å². The molecule has 0 radical (unpaired) electrons. The van der Waals surface area contributed by atoms with Gasteiger partial charge in [0.05, 0.1) is 16.8 Å². The number of hydrogen-bond acceptors (Lipinski definition) is 3. The summed E-state index contributed by atoms with van der Waals surface area (Å²) in [5.41, 5.74) is 2.98. The van der Waals surface area contributed by atoms with Gasteiger partial charge in [-0.3, -0.25) is 9.59 Å². The standard InChI is InChI=1S/C25H29N3O2S/c1-17-8-6-7-9-18(17)15-28-23(29)21-14-22-20(12-13-31-22)27(21)16-25(28,2)24(30)26-19-10-4-3-5-11-19/h6-9,12-14,19H,3-5,10-11,15-16H2,1-2H3,(H,26,30). The monoisotopic (exact) mass is 435 g/mol. The number of benzene rings is 1. The van der Waals surface area contributed by atoms with Crippen molar-refractivity contribution in [2.24, 2.45) is 0 Å². The minimum Gasteiger partial charge on any atom is -0.351 e. The maximum absolute atomic E-state index is 13.7. The summed E-state index contributed by atoms with van der Waals surface area (Å²) in [6, 6.07) is 12.3. The Hall–Kier alpha value is -2.60. The molecule has 0 saturated heterocycles. The van der Waals surface area contributed by atoms with Gasteiger partial charge in [0, 0.05) is 12.6 Å². The molecule has 1 N–H and O–H groups in total. The topological polar surface area (TPSA) is 54.3 Å². The van der Waals surface area contributed by atoms with Gasteiger partial charge >= 0.3 is 0 Å². The molecule has 1 saturated carbocycles. The molecule has 0 spiro atoms. The van der Waals surface area contributed by atoms with E-state index in [-0.39, 0.29) is 17.9 Å². The van der Waals surface area contributed by atoms with E-state index in [0.29, 0.717) is 18.8 Å². The number of aromatic nitrogens is 1. The summed E-state index contributed by atoms with van der Waals surface area (Å²) in [5, 5.41) is 5.34. The first kappa shape index (κ1) is 20.3. The van der Waals surface area contributed by atoms with Gasteiger partial charge in [-0.25, -0.2) is 0 Å². The summed E-state index contributed by atoms with van der Waals surface area (Å²) < 4.78 is 3.14. The fraction of sp³-hybridized carbons (Fsp3) is 0.440. The largest absolute Gasteiger partial charge is 0.351 e. The van der Waals surface area contributed by atoms with Crippen LogP contribution in [0.4, 0.5) is 0 Å². The molecule has 162 valence electrons. The average Bonchev–Trinajstić information content (AvgIpc) is 3.35. The molecule has 2 aliphatic rings. The summed E-state index contributed by atoms with van der Waals surface area (Å²) in [4.78, 5) is 29.2. The zero-order valence-corrected chi connectivity index (χ0v) is 19.0. The van der Waals surface area contributed by atoms with E-state index >= 15 is 0 Å². The number of aryl methyl sites for hydroxylation is 1. The Morgan fingerprint density at radius 1 is 1.19 bits per heavy atom. The Labute approximate surface area is 187 Å². The van der Waals surface area contributed by atoms with Crippen LogP contribution in [-0.4, -0.2) is 32.9 Å². The van der Waals surface area contributed by atoms with E-state index in [0.717, 1.165) is 47.0 Å². The van der Waals surface area contributed by atoms with Gasteiger partial charge in [0.15, 0.2) is 0 Å². The van der Waals surface area contributed by atoms with Crippen LogP contribution in [0.1, 0.15) is 60.6 Å². The van der Waals surface area contributed by atoms with Crippen LogP contribution in [-0.2, 0) is 17.9 Å². The van der Waals surface area contributed by atoms with Crippen molar-refractivity contribution in [3.05, 3.63) is 58.6 Å². The molecule has 31 heavy (non-hydrogen) atoms. The lowest BCUT2D eigenvalue weighted by molar-refractivity contribution is -0.134. The zero-order valence-electron chi connectivity index (χ0n) is 18.2. The van der Waals surface area contributed by atoms with Gasteiger partial charge in [0.1, 0.15) is 11.2 Å². The van der Waals surface area contributed by atoms with E-state index in [1.807, 2.05) is 47.2 Å². The average molecular weight is 436 g/mol. The Kier molecular flexibility index (Phi) is 5.13. The van der Waals surface area contributed by atoms with Crippen molar-refractivity contribution in [1.29, 1.82) is 0 Å². The zero-order chi connectivity index (χ0) is 21.6. The maximum Gasteiger partial charge on any atom is 0.271 e. The van der Waals surface area contributed by atoms with Gasteiger partial charge < -0.3 is 14.8 Å². The summed E-state index contributed by atoms with van der Waals surface area (Å²) in [7, 11) is 0. The molecular weight excluding hydrogens is 406 g/mol. The first-order chi connectivity index (χ1) is 15.0. The number of nitrogens with one attached hydrogen (secondary N) is 1. The number of carbonyl (C=O) groups is 2. The molecule has 2 aromatic heterocycles. The normalized spacial score (nSPS) is 22.0. The lowest BCUT2D eigenvalue weighted by atomic mass is 9.90. The minimum atomic E-state index is -0.947. The fourth-order valence-electron chi connectivity index (χ4n) is 5.07. The fourth-order valence-corrected chi connectivity index (χ4v) is 5.89. The van der Waals surface area contributed by atoms with Gasteiger partial charge in [-0.05, 0) is 55.3 Å². The van der Waals surface area contributed by atoms with Crippen molar-refractivity contribution >= 4 is 33.4 Å². The molecule has 1 atom stereocenters. The molecule has 2 amide bonds. The number of hydrogen-bond donors (Lipinski definition) is 1. The molecule has 3 aromatic rings. The minimum absolute atomic E-state index is 0.0379. The Bertz CT molecular complexity index is 1140. The predicted octanol–water partition coefficient (Wildman–Crippen LogP) is 4.87. The molecule has 1 aromatic carbocycles. The smallest absolute Gasteiger partial charge is 0.271 e. The molecule has 5 nitrogen and oxygen atoms in total. The predicted molar refractivity (Wildman–Crippen MR) is 124 cm³/mol. The lowest BCUT2D eigenvalue weighted by Gasteiger charge is -2.45. The molecule has 1 aliphatic carbocycles. The van der Waals surface area contributed by atoms with Gasteiger partial charge in [-0.2, -0.15) is 0 Å². The molecule has 3 heterocycles. The van der Waals surface area contributed by atoms with E-state index in [1.54, 1.807) is 16.2 Å². The molecular formula is C25H29N3O2S. The van der Waals surface area contributed by atoms with Gasteiger partial charge in [-0.15, -0.1) is 11.3 Å². The van der Waals surface area contributed by atoms with Crippen LogP contribution in [0.2, 0.25) is 0 Å². The van der Waals surface area contributed by atoms with Crippen molar-refractivity contribution in [2.45, 2.75) is 70.6 Å². The van der Waals surface area contributed by atoms with Crippen molar-refractivity contribution in [3.8, 4) is 0 Å². The highest BCUT2D eigenvalue weighted by Gasteiger charge is 2.48. The highest BCUT2D eigenvalue weighted by molar-refractivity contribution is 7.17. The summed E-state index contributed by atoms with van der Waals surface area (Å²) in [6.45, 7) is 4.89. The van der Waals surface area contributed by atoms with Crippen molar-refractivity contribution in [3.63, 3.8) is 0 Å². The first-order valence-electron chi connectivity index (χ1n) is 11.2. The summed E-state index contributed by atoms with van der Waals surface area (Å²) >= 11 is 1.64. The van der Waals surface area contributed by atoms with Crippen molar-refractivity contribution < 1.29 is 9.59 Å². The number of carbonyl (C=O) groups excluding carboxylic acids is 2.